The van der Waals surface area contributed by atoms with Crippen molar-refractivity contribution >= 4 is 21.4 Å². The van der Waals surface area contributed by atoms with Crippen LogP contribution in [0.25, 0.3) is 0 Å². The fourth-order valence-corrected chi connectivity index (χ4v) is 4.68. The predicted molar refractivity (Wildman–Crippen MR) is 90.4 cm³/mol. The third-order valence-electron chi connectivity index (χ3n) is 3.30. The number of nitrogens with one attached hydrogen (secondary N) is 2. The van der Waals surface area contributed by atoms with Crippen LogP contribution in [0.4, 0.5) is 0 Å². The van der Waals surface area contributed by atoms with Crippen LogP contribution in [-0.4, -0.2) is 21.5 Å². The van der Waals surface area contributed by atoms with Crippen molar-refractivity contribution in [2.45, 2.75) is 63.6 Å². The van der Waals surface area contributed by atoms with E-state index in [1.54, 1.807) is 6.07 Å². The van der Waals surface area contributed by atoms with Gasteiger partial charge in [0.25, 0.3) is 0 Å². The second-order valence-electron chi connectivity index (χ2n) is 5.31. The van der Waals surface area contributed by atoms with E-state index in [9.17, 15) is 8.42 Å². The monoisotopic (exact) mass is 332 g/mol. The first kappa shape index (κ1) is 18.6. The number of hydrogen-bond donors (Lipinski definition) is 2. The molecule has 1 rings (SSSR count). The molecule has 21 heavy (non-hydrogen) atoms. The number of aryl methyl sites for hydroxylation is 1. The quantitative estimate of drug-likeness (QED) is 0.611. The summed E-state index contributed by atoms with van der Waals surface area (Å²) in [5.41, 5.74) is 1.05. The first-order chi connectivity index (χ1) is 10.0. The molecule has 1 aromatic rings. The van der Waals surface area contributed by atoms with Crippen molar-refractivity contribution in [1.82, 2.24) is 10.0 Å². The average molecular weight is 333 g/mol. The van der Waals surface area contributed by atoms with Crippen molar-refractivity contribution in [2.75, 3.05) is 13.1 Å². The SMILES string of the molecule is CCCCCCNS(=O)(=O)c1cc(C)c(CNCCC)s1. The molecule has 2 N–H and O–H groups in total. The predicted octanol–water partition coefficient (Wildman–Crippen LogP) is 3.41. The van der Waals surface area contributed by atoms with Crippen molar-refractivity contribution in [1.29, 1.82) is 0 Å². The topological polar surface area (TPSA) is 58.2 Å². The highest BCUT2D eigenvalue weighted by Crippen LogP contribution is 2.25. The van der Waals surface area contributed by atoms with E-state index in [4.69, 9.17) is 0 Å². The molecule has 0 aromatic carbocycles. The van der Waals surface area contributed by atoms with Crippen LogP contribution in [-0.2, 0) is 16.6 Å². The molecule has 0 aliphatic carbocycles. The van der Waals surface area contributed by atoms with E-state index in [1.165, 1.54) is 11.3 Å². The van der Waals surface area contributed by atoms with Crippen LogP contribution in [0.3, 0.4) is 0 Å². The zero-order chi connectivity index (χ0) is 15.7. The molecule has 0 bridgehead atoms. The van der Waals surface area contributed by atoms with E-state index >= 15 is 0 Å². The summed E-state index contributed by atoms with van der Waals surface area (Å²) in [6, 6.07) is 1.78. The molecule has 0 aliphatic heterocycles. The maximum absolute atomic E-state index is 12.2. The van der Waals surface area contributed by atoms with Gasteiger partial charge in [0, 0.05) is 18.0 Å². The molecule has 0 saturated heterocycles. The molecule has 122 valence electrons. The summed E-state index contributed by atoms with van der Waals surface area (Å²) in [7, 11) is -3.34. The van der Waals surface area contributed by atoms with E-state index in [-0.39, 0.29) is 0 Å². The molecular weight excluding hydrogens is 304 g/mol. The van der Waals surface area contributed by atoms with Gasteiger partial charge in [0.1, 0.15) is 4.21 Å². The van der Waals surface area contributed by atoms with Gasteiger partial charge in [0.15, 0.2) is 0 Å². The van der Waals surface area contributed by atoms with Gasteiger partial charge in [0.05, 0.1) is 0 Å². The molecule has 0 amide bonds. The number of hydrogen-bond acceptors (Lipinski definition) is 4. The van der Waals surface area contributed by atoms with Gasteiger partial charge in [-0.3, -0.25) is 0 Å². The molecule has 6 heteroatoms. The Morgan fingerprint density at radius 3 is 2.52 bits per heavy atom. The highest BCUT2D eigenvalue weighted by Gasteiger charge is 2.18. The summed E-state index contributed by atoms with van der Waals surface area (Å²) >= 11 is 1.37. The van der Waals surface area contributed by atoms with E-state index in [2.05, 4.69) is 23.9 Å². The normalized spacial score (nSPS) is 12.0. The van der Waals surface area contributed by atoms with Crippen LogP contribution < -0.4 is 10.0 Å². The van der Waals surface area contributed by atoms with E-state index < -0.39 is 10.0 Å². The van der Waals surface area contributed by atoms with Crippen molar-refractivity contribution in [2.24, 2.45) is 0 Å². The van der Waals surface area contributed by atoms with E-state index in [0.717, 1.165) is 55.6 Å². The minimum atomic E-state index is -3.34. The molecule has 0 atom stereocenters. The lowest BCUT2D eigenvalue weighted by molar-refractivity contribution is 0.575. The van der Waals surface area contributed by atoms with Crippen LogP contribution in [0.2, 0.25) is 0 Å². The van der Waals surface area contributed by atoms with Gasteiger partial charge in [-0.05, 0) is 37.9 Å². The molecule has 0 radical (unpaired) electrons. The lowest BCUT2D eigenvalue weighted by Crippen LogP contribution is -2.24. The summed E-state index contributed by atoms with van der Waals surface area (Å²) in [6.07, 6.45) is 5.38. The van der Waals surface area contributed by atoms with Crippen molar-refractivity contribution in [3.05, 3.63) is 16.5 Å². The first-order valence-electron chi connectivity index (χ1n) is 7.81. The Balaban J connectivity index is 2.56. The zero-order valence-corrected chi connectivity index (χ0v) is 15.0. The largest absolute Gasteiger partial charge is 0.312 e. The minimum Gasteiger partial charge on any atom is -0.312 e. The Kier molecular flexibility index (Phi) is 8.48. The fourth-order valence-electron chi connectivity index (χ4n) is 2.00. The highest BCUT2D eigenvalue weighted by molar-refractivity contribution is 7.91. The third kappa shape index (κ3) is 6.46. The summed E-state index contributed by atoms with van der Waals surface area (Å²) in [6.45, 7) is 8.47. The number of sulfonamides is 1. The number of thiophene rings is 1. The Bertz CT molecular complexity index is 510. The van der Waals surface area contributed by atoms with E-state index in [0.29, 0.717) is 10.8 Å². The summed E-state index contributed by atoms with van der Waals surface area (Å²) in [5, 5.41) is 3.32. The zero-order valence-electron chi connectivity index (χ0n) is 13.4. The highest BCUT2D eigenvalue weighted by atomic mass is 32.2. The second kappa shape index (κ2) is 9.56. The van der Waals surface area contributed by atoms with Gasteiger partial charge in [-0.15, -0.1) is 11.3 Å². The summed E-state index contributed by atoms with van der Waals surface area (Å²) < 4.78 is 27.6. The van der Waals surface area contributed by atoms with Crippen LogP contribution >= 0.6 is 11.3 Å². The molecule has 0 unspecified atom stereocenters. The molecule has 1 aromatic heterocycles. The van der Waals surface area contributed by atoms with Crippen molar-refractivity contribution < 1.29 is 8.42 Å². The smallest absolute Gasteiger partial charge is 0.250 e. The number of unbranched alkanes of at least 4 members (excludes halogenated alkanes) is 3. The molecule has 0 fully saturated rings. The lowest BCUT2D eigenvalue weighted by Gasteiger charge is -2.04. The fraction of sp³-hybridized carbons (Fsp3) is 0.733. The molecule has 1 heterocycles. The maximum atomic E-state index is 12.2. The third-order valence-corrected chi connectivity index (χ3v) is 6.47. The molecule has 0 aliphatic rings. The van der Waals surface area contributed by atoms with Gasteiger partial charge in [0.2, 0.25) is 10.0 Å². The first-order valence-corrected chi connectivity index (χ1v) is 10.1. The summed E-state index contributed by atoms with van der Waals surface area (Å²) in [4.78, 5) is 1.11. The Morgan fingerprint density at radius 1 is 1.10 bits per heavy atom. The number of rotatable bonds is 11. The maximum Gasteiger partial charge on any atom is 0.250 e. The van der Waals surface area contributed by atoms with Crippen LogP contribution in [0.5, 0.6) is 0 Å². The minimum absolute atomic E-state index is 0.434. The van der Waals surface area contributed by atoms with Crippen LogP contribution in [0.1, 0.15) is 56.4 Å². The van der Waals surface area contributed by atoms with Crippen molar-refractivity contribution in [3.8, 4) is 0 Å². The second-order valence-corrected chi connectivity index (χ2v) is 8.44. The van der Waals surface area contributed by atoms with Gasteiger partial charge < -0.3 is 5.32 Å². The Hall–Kier alpha value is -0.430. The average Bonchev–Trinajstić information content (AvgIpc) is 2.81. The lowest BCUT2D eigenvalue weighted by atomic mass is 10.2. The Labute approximate surface area is 133 Å². The molecular formula is C15H28N2O2S2. The van der Waals surface area contributed by atoms with Gasteiger partial charge in [-0.1, -0.05) is 33.1 Å². The van der Waals surface area contributed by atoms with Crippen molar-refractivity contribution in [3.63, 3.8) is 0 Å². The Morgan fingerprint density at radius 2 is 1.86 bits per heavy atom. The van der Waals surface area contributed by atoms with Crippen LogP contribution in [0.15, 0.2) is 10.3 Å². The van der Waals surface area contributed by atoms with E-state index in [1.807, 2.05) is 6.92 Å². The summed E-state index contributed by atoms with van der Waals surface area (Å²) in [5.74, 6) is 0. The van der Waals surface area contributed by atoms with Gasteiger partial charge >= 0.3 is 0 Å². The molecule has 4 nitrogen and oxygen atoms in total. The van der Waals surface area contributed by atoms with Crippen LogP contribution in [0, 0.1) is 6.92 Å². The van der Waals surface area contributed by atoms with Gasteiger partial charge in [-0.25, -0.2) is 13.1 Å². The molecule has 0 saturated carbocycles. The standard InChI is InChI=1S/C15H28N2O2S2/c1-4-6-7-8-10-17-21(18,19)15-11-13(3)14(20-15)12-16-9-5-2/h11,16-17H,4-10,12H2,1-3H3. The van der Waals surface area contributed by atoms with Gasteiger partial charge in [-0.2, -0.15) is 0 Å². The molecule has 0 spiro atoms.